The third kappa shape index (κ3) is 1.96. The van der Waals surface area contributed by atoms with Crippen molar-refractivity contribution >= 4 is 12.2 Å². The Bertz CT molecular complexity index is 704. The van der Waals surface area contributed by atoms with Crippen molar-refractivity contribution in [1.82, 2.24) is 9.97 Å². The molecule has 0 amide bonds. The van der Waals surface area contributed by atoms with Gasteiger partial charge in [-0.2, -0.15) is 0 Å². The van der Waals surface area contributed by atoms with Gasteiger partial charge in [0.15, 0.2) is 0 Å². The molecule has 0 unspecified atom stereocenters. The summed E-state index contributed by atoms with van der Waals surface area (Å²) < 4.78 is 6.42. The zero-order chi connectivity index (χ0) is 12.8. The second-order valence-electron chi connectivity index (χ2n) is 5.18. The highest BCUT2D eigenvalue weighted by Crippen LogP contribution is 2.40. The summed E-state index contributed by atoms with van der Waals surface area (Å²) in [5, 5.41) is 0. The molecule has 0 spiro atoms. The van der Waals surface area contributed by atoms with E-state index in [1.165, 1.54) is 18.4 Å². The molecule has 4 rings (SSSR count). The van der Waals surface area contributed by atoms with Gasteiger partial charge in [-0.15, -0.1) is 0 Å². The molecule has 19 heavy (non-hydrogen) atoms. The lowest BCUT2D eigenvalue weighted by atomic mass is 10.1. The van der Waals surface area contributed by atoms with Crippen LogP contribution in [0.4, 0.5) is 0 Å². The van der Waals surface area contributed by atoms with Gasteiger partial charge in [-0.3, -0.25) is 0 Å². The minimum Gasteiger partial charge on any atom is -0.492 e. The number of hydrogen-bond donors (Lipinski definition) is 1. The lowest BCUT2D eigenvalue weighted by Gasteiger charge is -2.09. The summed E-state index contributed by atoms with van der Waals surface area (Å²) in [5.74, 6) is 2.60. The number of hydrogen-bond acceptors (Lipinski definition) is 3. The van der Waals surface area contributed by atoms with Crippen LogP contribution in [-0.4, -0.2) is 16.6 Å². The van der Waals surface area contributed by atoms with E-state index in [1.54, 1.807) is 0 Å². The van der Waals surface area contributed by atoms with Crippen LogP contribution in [0, 0.1) is 4.64 Å². The van der Waals surface area contributed by atoms with Gasteiger partial charge in [0.05, 0.1) is 12.3 Å². The van der Waals surface area contributed by atoms with Crippen LogP contribution in [0.15, 0.2) is 24.3 Å². The monoisotopic (exact) mass is 270 g/mol. The highest BCUT2D eigenvalue weighted by molar-refractivity contribution is 7.71. The normalized spacial score (nSPS) is 17.1. The van der Waals surface area contributed by atoms with Crippen LogP contribution in [0.25, 0.3) is 11.3 Å². The van der Waals surface area contributed by atoms with Gasteiger partial charge in [0.2, 0.25) is 0 Å². The first-order valence-electron chi connectivity index (χ1n) is 6.67. The molecule has 1 aromatic carbocycles. The molecular formula is C15H14N2OS. The molecule has 2 heterocycles. The number of ether oxygens (including phenoxy) is 1. The average Bonchev–Trinajstić information content (AvgIpc) is 3.15. The van der Waals surface area contributed by atoms with E-state index >= 15 is 0 Å². The lowest BCUT2D eigenvalue weighted by molar-refractivity contribution is 0.358. The number of rotatable bonds is 2. The molecule has 1 N–H and O–H groups in total. The van der Waals surface area contributed by atoms with Gasteiger partial charge in [-0.1, -0.05) is 24.4 Å². The molecule has 96 valence electrons. The summed E-state index contributed by atoms with van der Waals surface area (Å²) in [6, 6.07) is 8.22. The fraction of sp³-hybridized carbons (Fsp3) is 0.333. The predicted molar refractivity (Wildman–Crippen MR) is 76.0 cm³/mol. The van der Waals surface area contributed by atoms with Crippen LogP contribution < -0.4 is 4.74 Å². The smallest absolute Gasteiger partial charge is 0.131 e. The maximum atomic E-state index is 5.77. The van der Waals surface area contributed by atoms with Crippen LogP contribution in [-0.2, 0) is 6.42 Å². The van der Waals surface area contributed by atoms with E-state index in [1.807, 2.05) is 6.07 Å². The summed E-state index contributed by atoms with van der Waals surface area (Å²) in [6.07, 6.45) is 3.42. The largest absolute Gasteiger partial charge is 0.492 e. The fourth-order valence-electron chi connectivity index (χ4n) is 2.60. The number of aromatic amines is 1. The number of benzene rings is 1. The molecule has 3 nitrogen and oxygen atoms in total. The predicted octanol–water partition coefficient (Wildman–Crippen LogP) is 3.62. The van der Waals surface area contributed by atoms with E-state index < -0.39 is 0 Å². The Labute approximate surface area is 116 Å². The average molecular weight is 270 g/mol. The lowest BCUT2D eigenvalue weighted by Crippen LogP contribution is -1.96. The molecule has 1 fully saturated rings. The van der Waals surface area contributed by atoms with Crippen molar-refractivity contribution in [3.05, 3.63) is 40.3 Å². The summed E-state index contributed by atoms with van der Waals surface area (Å²) in [7, 11) is 0. The molecule has 0 atom stereocenters. The van der Waals surface area contributed by atoms with E-state index in [-0.39, 0.29) is 0 Å². The highest BCUT2D eigenvalue weighted by Gasteiger charge is 2.26. The third-order valence-corrected chi connectivity index (χ3v) is 3.94. The zero-order valence-electron chi connectivity index (χ0n) is 10.5. The van der Waals surface area contributed by atoms with Crippen LogP contribution in [0.3, 0.4) is 0 Å². The minimum absolute atomic E-state index is 0.569. The van der Waals surface area contributed by atoms with Gasteiger partial charge in [-0.05, 0) is 30.5 Å². The molecule has 1 saturated carbocycles. The van der Waals surface area contributed by atoms with E-state index in [9.17, 15) is 0 Å². The van der Waals surface area contributed by atoms with Crippen molar-refractivity contribution < 1.29 is 4.74 Å². The molecular weight excluding hydrogens is 256 g/mol. The van der Waals surface area contributed by atoms with Gasteiger partial charge in [0, 0.05) is 17.9 Å². The number of H-pyrrole nitrogens is 1. The van der Waals surface area contributed by atoms with Gasteiger partial charge < -0.3 is 9.72 Å². The van der Waals surface area contributed by atoms with Crippen molar-refractivity contribution in [2.24, 2.45) is 0 Å². The summed E-state index contributed by atoms with van der Waals surface area (Å²) in [6.45, 7) is 0.771. The Balaban J connectivity index is 1.88. The molecule has 1 aromatic heterocycles. The molecule has 4 heteroatoms. The topological polar surface area (TPSA) is 37.9 Å². The Hall–Kier alpha value is -1.68. The van der Waals surface area contributed by atoms with E-state index in [4.69, 9.17) is 17.0 Å². The maximum Gasteiger partial charge on any atom is 0.131 e. The molecule has 1 aliphatic heterocycles. The van der Waals surface area contributed by atoms with Gasteiger partial charge in [0.1, 0.15) is 16.2 Å². The first-order chi connectivity index (χ1) is 9.31. The second kappa shape index (κ2) is 4.17. The van der Waals surface area contributed by atoms with Gasteiger partial charge in [-0.25, -0.2) is 4.98 Å². The SMILES string of the molecule is S=c1cc(-c2cccc3c2OCC3)[nH]c(C2CC2)n1. The Morgan fingerprint density at radius 1 is 1.32 bits per heavy atom. The first kappa shape index (κ1) is 11.2. The summed E-state index contributed by atoms with van der Waals surface area (Å²) in [5.41, 5.74) is 3.41. The number of aromatic nitrogens is 2. The Morgan fingerprint density at radius 2 is 2.21 bits per heavy atom. The zero-order valence-corrected chi connectivity index (χ0v) is 11.3. The Kier molecular flexibility index (Phi) is 2.45. The number of fused-ring (bicyclic) bond motifs is 1. The molecule has 2 aromatic rings. The molecule has 0 radical (unpaired) electrons. The van der Waals surface area contributed by atoms with Crippen molar-refractivity contribution in [2.75, 3.05) is 6.61 Å². The van der Waals surface area contributed by atoms with Crippen molar-refractivity contribution in [2.45, 2.75) is 25.2 Å². The fourth-order valence-corrected chi connectivity index (χ4v) is 2.82. The van der Waals surface area contributed by atoms with Crippen LogP contribution in [0.2, 0.25) is 0 Å². The van der Waals surface area contributed by atoms with Crippen molar-refractivity contribution in [3.63, 3.8) is 0 Å². The Morgan fingerprint density at radius 3 is 3.05 bits per heavy atom. The van der Waals surface area contributed by atoms with Crippen molar-refractivity contribution in [3.8, 4) is 17.0 Å². The van der Waals surface area contributed by atoms with Gasteiger partial charge in [0.25, 0.3) is 0 Å². The summed E-state index contributed by atoms with van der Waals surface area (Å²) in [4.78, 5) is 7.87. The standard InChI is InChI=1S/C15H14N2OS/c19-13-8-12(16-15(17-13)10-4-5-10)11-3-1-2-9-6-7-18-14(9)11/h1-3,8,10H,4-7H2,(H,16,17,19). The van der Waals surface area contributed by atoms with E-state index in [0.29, 0.717) is 10.6 Å². The molecule has 0 bridgehead atoms. The quantitative estimate of drug-likeness (QED) is 0.847. The van der Waals surface area contributed by atoms with Crippen LogP contribution in [0.1, 0.15) is 30.1 Å². The highest BCUT2D eigenvalue weighted by atomic mass is 32.1. The van der Waals surface area contributed by atoms with Crippen LogP contribution in [0.5, 0.6) is 5.75 Å². The summed E-state index contributed by atoms with van der Waals surface area (Å²) >= 11 is 5.29. The minimum atomic E-state index is 0.569. The number of nitrogens with one attached hydrogen (secondary N) is 1. The third-order valence-electron chi connectivity index (χ3n) is 3.73. The van der Waals surface area contributed by atoms with E-state index in [0.717, 1.165) is 35.9 Å². The van der Waals surface area contributed by atoms with E-state index in [2.05, 4.69) is 28.2 Å². The molecule has 1 aliphatic carbocycles. The van der Waals surface area contributed by atoms with Crippen LogP contribution >= 0.6 is 12.2 Å². The maximum absolute atomic E-state index is 5.77. The molecule has 0 saturated heterocycles. The van der Waals surface area contributed by atoms with Crippen molar-refractivity contribution in [1.29, 1.82) is 0 Å². The van der Waals surface area contributed by atoms with Gasteiger partial charge >= 0.3 is 0 Å². The second-order valence-corrected chi connectivity index (χ2v) is 5.60. The first-order valence-corrected chi connectivity index (χ1v) is 7.08. The molecule has 2 aliphatic rings. The number of para-hydroxylation sites is 1. The number of nitrogens with zero attached hydrogens (tertiary/aromatic N) is 1.